The number of benzene rings is 1. The zero-order valence-corrected chi connectivity index (χ0v) is 8.25. The monoisotopic (exact) mass is 234 g/mol. The molecular weight excluding hydrogens is 225 g/mol. The van der Waals surface area contributed by atoms with Crippen LogP contribution in [0.2, 0.25) is 0 Å². The first-order valence-corrected chi connectivity index (χ1v) is 4.32. The molecule has 0 amide bonds. The SMILES string of the molecule is Cc1ccc(C(O)C(=O)O)c(C(F)(F)F)c1. The Kier molecular flexibility index (Phi) is 3.23. The van der Waals surface area contributed by atoms with Crippen molar-refractivity contribution in [3.63, 3.8) is 0 Å². The van der Waals surface area contributed by atoms with Gasteiger partial charge >= 0.3 is 12.1 Å². The highest BCUT2D eigenvalue weighted by Crippen LogP contribution is 2.35. The van der Waals surface area contributed by atoms with Crippen molar-refractivity contribution >= 4 is 5.97 Å². The molecule has 0 spiro atoms. The zero-order chi connectivity index (χ0) is 12.5. The molecule has 1 unspecified atom stereocenters. The summed E-state index contributed by atoms with van der Waals surface area (Å²) in [6.07, 6.45) is -6.85. The van der Waals surface area contributed by atoms with Gasteiger partial charge in [0, 0.05) is 5.56 Å². The van der Waals surface area contributed by atoms with Crippen molar-refractivity contribution < 1.29 is 28.2 Å². The molecule has 0 bridgehead atoms. The van der Waals surface area contributed by atoms with Gasteiger partial charge < -0.3 is 10.2 Å². The molecule has 1 rings (SSSR count). The number of aliphatic hydroxyl groups excluding tert-OH is 1. The van der Waals surface area contributed by atoms with Gasteiger partial charge in [-0.05, 0) is 13.0 Å². The molecule has 0 aromatic heterocycles. The van der Waals surface area contributed by atoms with E-state index in [1.807, 2.05) is 0 Å². The molecule has 0 saturated heterocycles. The van der Waals surface area contributed by atoms with Crippen LogP contribution >= 0.6 is 0 Å². The molecule has 2 N–H and O–H groups in total. The van der Waals surface area contributed by atoms with E-state index in [9.17, 15) is 18.0 Å². The molecule has 0 fully saturated rings. The van der Waals surface area contributed by atoms with Crippen LogP contribution in [0.15, 0.2) is 18.2 Å². The van der Waals surface area contributed by atoms with E-state index in [2.05, 4.69) is 0 Å². The number of aryl methyl sites for hydroxylation is 1. The third kappa shape index (κ3) is 2.52. The van der Waals surface area contributed by atoms with Crippen molar-refractivity contribution in [2.75, 3.05) is 0 Å². The highest BCUT2D eigenvalue weighted by molar-refractivity contribution is 5.74. The lowest BCUT2D eigenvalue weighted by Crippen LogP contribution is -2.17. The van der Waals surface area contributed by atoms with E-state index in [4.69, 9.17) is 10.2 Å². The molecule has 6 heteroatoms. The van der Waals surface area contributed by atoms with Crippen LogP contribution in [0.25, 0.3) is 0 Å². The third-order valence-corrected chi connectivity index (χ3v) is 2.04. The molecule has 0 saturated carbocycles. The maximum atomic E-state index is 12.5. The van der Waals surface area contributed by atoms with Crippen LogP contribution in [-0.2, 0) is 11.0 Å². The smallest absolute Gasteiger partial charge is 0.416 e. The topological polar surface area (TPSA) is 57.5 Å². The lowest BCUT2D eigenvalue weighted by molar-refractivity contribution is -0.149. The van der Waals surface area contributed by atoms with Crippen LogP contribution in [0.3, 0.4) is 0 Å². The highest BCUT2D eigenvalue weighted by Gasteiger charge is 2.36. The van der Waals surface area contributed by atoms with E-state index in [1.54, 1.807) is 0 Å². The van der Waals surface area contributed by atoms with Gasteiger partial charge in [0.2, 0.25) is 0 Å². The van der Waals surface area contributed by atoms with E-state index in [0.717, 1.165) is 12.1 Å². The summed E-state index contributed by atoms with van der Waals surface area (Å²) in [6, 6.07) is 3.09. The number of aliphatic carboxylic acids is 1. The number of alkyl halides is 3. The van der Waals surface area contributed by atoms with Crippen LogP contribution in [-0.4, -0.2) is 16.2 Å². The molecule has 16 heavy (non-hydrogen) atoms. The molecule has 3 nitrogen and oxygen atoms in total. The second-order valence-corrected chi connectivity index (χ2v) is 3.33. The fourth-order valence-electron chi connectivity index (χ4n) is 1.29. The molecule has 1 atom stereocenters. The average molecular weight is 234 g/mol. The Morgan fingerprint density at radius 3 is 2.38 bits per heavy atom. The van der Waals surface area contributed by atoms with E-state index in [0.29, 0.717) is 5.56 Å². The average Bonchev–Trinajstić information content (AvgIpc) is 2.15. The van der Waals surface area contributed by atoms with E-state index >= 15 is 0 Å². The van der Waals surface area contributed by atoms with Crippen LogP contribution in [0.5, 0.6) is 0 Å². The predicted molar refractivity (Wildman–Crippen MR) is 48.8 cm³/mol. The number of hydrogen-bond donors (Lipinski definition) is 2. The molecule has 0 radical (unpaired) electrons. The molecule has 88 valence electrons. The predicted octanol–water partition coefficient (Wildman–Crippen LogP) is 2.13. The molecule has 0 aliphatic carbocycles. The number of halogens is 3. The lowest BCUT2D eigenvalue weighted by Gasteiger charge is -2.15. The minimum Gasteiger partial charge on any atom is -0.479 e. The highest BCUT2D eigenvalue weighted by atomic mass is 19.4. The molecule has 1 aromatic carbocycles. The van der Waals surface area contributed by atoms with Crippen molar-refractivity contribution in [3.8, 4) is 0 Å². The summed E-state index contributed by atoms with van der Waals surface area (Å²) in [5, 5.41) is 17.6. The van der Waals surface area contributed by atoms with Crippen molar-refractivity contribution in [3.05, 3.63) is 34.9 Å². The number of carbonyl (C=O) groups is 1. The van der Waals surface area contributed by atoms with Gasteiger partial charge in [0.1, 0.15) is 0 Å². The number of rotatable bonds is 2. The first kappa shape index (κ1) is 12.5. The summed E-state index contributed by atoms with van der Waals surface area (Å²) in [4.78, 5) is 10.4. The quantitative estimate of drug-likeness (QED) is 0.824. The molecule has 0 heterocycles. The van der Waals surface area contributed by atoms with Gasteiger partial charge in [-0.15, -0.1) is 0 Å². The number of hydrogen-bond acceptors (Lipinski definition) is 2. The van der Waals surface area contributed by atoms with Crippen LogP contribution < -0.4 is 0 Å². The van der Waals surface area contributed by atoms with Gasteiger partial charge in [-0.25, -0.2) is 4.79 Å². The van der Waals surface area contributed by atoms with Crippen molar-refractivity contribution in [2.24, 2.45) is 0 Å². The Bertz CT molecular complexity index is 412. The maximum Gasteiger partial charge on any atom is 0.416 e. The molecule has 1 aromatic rings. The molecule has 0 aliphatic rings. The minimum absolute atomic E-state index is 0.341. The van der Waals surface area contributed by atoms with Crippen molar-refractivity contribution in [1.29, 1.82) is 0 Å². The fraction of sp³-hybridized carbons (Fsp3) is 0.300. The first-order valence-electron chi connectivity index (χ1n) is 4.32. The summed E-state index contributed by atoms with van der Waals surface area (Å²) in [5.41, 5.74) is -1.43. The summed E-state index contributed by atoms with van der Waals surface area (Å²) in [5.74, 6) is -1.71. The Morgan fingerprint density at radius 1 is 1.38 bits per heavy atom. The normalized spacial score (nSPS) is 13.6. The standard InChI is InChI=1S/C10H9F3O3/c1-5-2-3-6(8(14)9(15)16)7(4-5)10(11,12)13/h2-4,8,14H,1H3,(H,15,16). The molecular formula is C10H9F3O3. The third-order valence-electron chi connectivity index (χ3n) is 2.04. The van der Waals surface area contributed by atoms with Gasteiger partial charge in [0.05, 0.1) is 5.56 Å². The first-order chi connectivity index (χ1) is 7.23. The van der Waals surface area contributed by atoms with E-state index in [-0.39, 0.29) is 0 Å². The maximum absolute atomic E-state index is 12.5. The minimum atomic E-state index is -4.68. The van der Waals surface area contributed by atoms with E-state index in [1.165, 1.54) is 13.0 Å². The van der Waals surface area contributed by atoms with Gasteiger partial charge in [-0.3, -0.25) is 0 Å². The Labute approximate surface area is 89.1 Å². The lowest BCUT2D eigenvalue weighted by atomic mass is 9.99. The Morgan fingerprint density at radius 2 is 1.94 bits per heavy atom. The number of aliphatic hydroxyl groups is 1. The van der Waals surface area contributed by atoms with Gasteiger partial charge in [-0.2, -0.15) is 13.2 Å². The summed E-state index contributed by atoms with van der Waals surface area (Å²) < 4.78 is 37.6. The largest absolute Gasteiger partial charge is 0.479 e. The second kappa shape index (κ2) is 4.13. The Hall–Kier alpha value is -1.56. The van der Waals surface area contributed by atoms with E-state index < -0.39 is 29.4 Å². The van der Waals surface area contributed by atoms with Crippen LogP contribution in [0, 0.1) is 6.92 Å². The molecule has 0 aliphatic heterocycles. The Balaban J connectivity index is 3.34. The van der Waals surface area contributed by atoms with Crippen LogP contribution in [0.4, 0.5) is 13.2 Å². The fourth-order valence-corrected chi connectivity index (χ4v) is 1.29. The van der Waals surface area contributed by atoms with Gasteiger partial charge in [-0.1, -0.05) is 17.7 Å². The van der Waals surface area contributed by atoms with Crippen molar-refractivity contribution in [1.82, 2.24) is 0 Å². The van der Waals surface area contributed by atoms with Crippen molar-refractivity contribution in [2.45, 2.75) is 19.2 Å². The summed E-state index contributed by atoms with van der Waals surface area (Å²) >= 11 is 0. The number of carboxylic acid groups (broad SMARTS) is 1. The summed E-state index contributed by atoms with van der Waals surface area (Å²) in [6.45, 7) is 1.45. The van der Waals surface area contributed by atoms with Crippen LogP contribution in [0.1, 0.15) is 22.8 Å². The summed E-state index contributed by atoms with van der Waals surface area (Å²) in [7, 11) is 0. The second-order valence-electron chi connectivity index (χ2n) is 3.33. The van der Waals surface area contributed by atoms with Gasteiger partial charge in [0.25, 0.3) is 0 Å². The van der Waals surface area contributed by atoms with Gasteiger partial charge in [0.15, 0.2) is 6.10 Å². The number of carboxylic acids is 1. The zero-order valence-electron chi connectivity index (χ0n) is 8.25.